The zero-order valence-corrected chi connectivity index (χ0v) is 19.9. The number of pyridine rings is 3. The molecule has 0 aliphatic carbocycles. The van der Waals surface area contributed by atoms with Crippen molar-refractivity contribution in [3.8, 4) is 33.8 Å². The monoisotopic (exact) mass is 477 g/mol. The lowest BCUT2D eigenvalue weighted by Gasteiger charge is -2.06. The van der Waals surface area contributed by atoms with Gasteiger partial charge in [-0.1, -0.05) is 6.92 Å². The van der Waals surface area contributed by atoms with Crippen molar-refractivity contribution in [2.75, 3.05) is 6.54 Å². The van der Waals surface area contributed by atoms with Gasteiger partial charge in [0.05, 0.1) is 11.4 Å². The number of aromatic amines is 2. The average molecular weight is 478 g/mol. The molecule has 1 aromatic carbocycles. The average Bonchev–Trinajstić information content (AvgIpc) is 3.50. The Morgan fingerprint density at radius 1 is 0.889 bits per heavy atom. The summed E-state index contributed by atoms with van der Waals surface area (Å²) in [5, 5.41) is 12.7. The Kier molecular flexibility index (Phi) is 5.50. The molecule has 0 radical (unpaired) electrons. The van der Waals surface area contributed by atoms with E-state index >= 15 is 0 Å². The van der Waals surface area contributed by atoms with E-state index in [4.69, 9.17) is 0 Å². The van der Waals surface area contributed by atoms with Crippen molar-refractivity contribution in [2.45, 2.75) is 20.4 Å². The summed E-state index contributed by atoms with van der Waals surface area (Å²) in [6, 6.07) is 13.1. The molecule has 0 unspecified atom stereocenters. The van der Waals surface area contributed by atoms with Crippen molar-refractivity contribution in [3.63, 3.8) is 0 Å². The van der Waals surface area contributed by atoms with Crippen LogP contribution in [-0.2, 0) is 6.54 Å². The molecule has 0 amide bonds. The maximum absolute atomic E-state index is 14.1. The zero-order valence-electron chi connectivity index (χ0n) is 19.9. The smallest absolute Gasteiger partial charge is 0.155 e. The van der Waals surface area contributed by atoms with Crippen LogP contribution < -0.4 is 5.32 Å². The Hall–Kier alpha value is -4.43. The quantitative estimate of drug-likeness (QED) is 0.282. The molecule has 0 aliphatic rings. The van der Waals surface area contributed by atoms with Crippen molar-refractivity contribution in [3.05, 3.63) is 84.2 Å². The highest BCUT2D eigenvalue weighted by Gasteiger charge is 2.16. The fourth-order valence-corrected chi connectivity index (χ4v) is 4.56. The molecule has 0 spiro atoms. The predicted molar refractivity (Wildman–Crippen MR) is 140 cm³/mol. The molecular formula is C28H24FN7. The first kappa shape index (κ1) is 22.1. The molecule has 0 fully saturated rings. The lowest BCUT2D eigenvalue weighted by atomic mass is 10.0. The second-order valence-electron chi connectivity index (χ2n) is 8.88. The third-order valence-electron chi connectivity index (χ3n) is 6.24. The van der Waals surface area contributed by atoms with E-state index in [0.29, 0.717) is 5.65 Å². The van der Waals surface area contributed by atoms with E-state index in [1.807, 2.05) is 43.7 Å². The number of fused-ring (bicyclic) bond motifs is 2. The highest BCUT2D eigenvalue weighted by atomic mass is 19.1. The fourth-order valence-electron chi connectivity index (χ4n) is 4.56. The number of aryl methyl sites for hydroxylation is 1. The number of nitrogens with zero attached hydrogens (tertiary/aromatic N) is 4. The van der Waals surface area contributed by atoms with Gasteiger partial charge < -0.3 is 10.3 Å². The Labute approximate surface area is 206 Å². The summed E-state index contributed by atoms with van der Waals surface area (Å²) in [5.74, 6) is -0.277. The summed E-state index contributed by atoms with van der Waals surface area (Å²) >= 11 is 0. The molecule has 0 atom stereocenters. The summed E-state index contributed by atoms with van der Waals surface area (Å²) in [7, 11) is 0. The van der Waals surface area contributed by atoms with Crippen molar-refractivity contribution in [1.82, 2.24) is 35.5 Å². The number of hydrogen-bond donors (Lipinski definition) is 3. The van der Waals surface area contributed by atoms with Gasteiger partial charge in [-0.25, -0.2) is 9.37 Å². The molecule has 36 heavy (non-hydrogen) atoms. The molecule has 6 aromatic rings. The molecule has 0 bridgehead atoms. The molecular weight excluding hydrogens is 453 g/mol. The van der Waals surface area contributed by atoms with Crippen LogP contribution in [0.2, 0.25) is 0 Å². The number of aromatic nitrogens is 6. The van der Waals surface area contributed by atoms with E-state index in [-0.39, 0.29) is 5.82 Å². The Morgan fingerprint density at radius 2 is 1.78 bits per heavy atom. The highest BCUT2D eigenvalue weighted by molar-refractivity contribution is 6.00. The Balaban J connectivity index is 1.44. The topological polar surface area (TPSA) is 95.2 Å². The molecule has 7 nitrogen and oxygen atoms in total. The van der Waals surface area contributed by atoms with Gasteiger partial charge in [-0.15, -0.1) is 0 Å². The second kappa shape index (κ2) is 8.98. The first-order chi connectivity index (χ1) is 17.6. The van der Waals surface area contributed by atoms with Crippen molar-refractivity contribution < 1.29 is 4.39 Å². The van der Waals surface area contributed by atoms with Crippen LogP contribution in [0, 0.1) is 12.7 Å². The van der Waals surface area contributed by atoms with Gasteiger partial charge in [-0.05, 0) is 67.1 Å². The van der Waals surface area contributed by atoms with Gasteiger partial charge in [-0.3, -0.25) is 15.1 Å². The van der Waals surface area contributed by atoms with Gasteiger partial charge in [0, 0.05) is 64.3 Å². The minimum absolute atomic E-state index is 0.277. The number of hydrogen-bond acceptors (Lipinski definition) is 5. The van der Waals surface area contributed by atoms with E-state index in [1.54, 1.807) is 6.20 Å². The summed E-state index contributed by atoms with van der Waals surface area (Å²) < 4.78 is 14.1. The molecule has 0 aliphatic heterocycles. The Morgan fingerprint density at radius 3 is 2.64 bits per heavy atom. The maximum Gasteiger partial charge on any atom is 0.155 e. The Bertz CT molecular complexity index is 1700. The first-order valence-electron chi connectivity index (χ1n) is 11.8. The van der Waals surface area contributed by atoms with E-state index in [1.165, 1.54) is 12.1 Å². The van der Waals surface area contributed by atoms with Gasteiger partial charge in [0.15, 0.2) is 5.65 Å². The molecule has 8 heteroatoms. The fraction of sp³-hybridized carbons (Fsp3) is 0.143. The van der Waals surface area contributed by atoms with Crippen LogP contribution in [-0.4, -0.2) is 36.7 Å². The van der Waals surface area contributed by atoms with Gasteiger partial charge in [0.2, 0.25) is 0 Å². The number of halogens is 1. The molecule has 178 valence electrons. The lowest BCUT2D eigenvalue weighted by Crippen LogP contribution is -2.11. The summed E-state index contributed by atoms with van der Waals surface area (Å²) in [6.07, 6.45) is 7.28. The molecule has 0 saturated carbocycles. The van der Waals surface area contributed by atoms with E-state index in [2.05, 4.69) is 54.5 Å². The SMILES string of the molecule is CCNCc1cncc(-c2cnc3[nH]nc(-c4cc5c(-c6cc(C)cc(F)c6)nccc5[nH]4)c3c2)c1. The van der Waals surface area contributed by atoms with Crippen LogP contribution in [0.3, 0.4) is 0 Å². The number of rotatable bonds is 6. The van der Waals surface area contributed by atoms with Gasteiger partial charge in [0.25, 0.3) is 0 Å². The third kappa shape index (κ3) is 4.01. The standard InChI is InChI=1S/C28H24FN7/c1-3-30-12-17-8-19(14-31-13-17)20-10-23-27(35-36-28(23)33-15-20)25-11-22-24(34-25)4-5-32-26(22)18-6-16(2)7-21(29)9-18/h4-11,13-15,30,34H,3,12H2,1-2H3,(H,33,35,36). The molecule has 3 N–H and O–H groups in total. The number of H-pyrrole nitrogens is 2. The molecule has 5 aromatic heterocycles. The van der Waals surface area contributed by atoms with Crippen LogP contribution in [0.5, 0.6) is 0 Å². The number of nitrogens with one attached hydrogen (secondary N) is 3. The van der Waals surface area contributed by atoms with Gasteiger partial charge in [-0.2, -0.15) is 5.10 Å². The van der Waals surface area contributed by atoms with Crippen LogP contribution in [0.15, 0.2) is 67.3 Å². The van der Waals surface area contributed by atoms with Crippen molar-refractivity contribution in [2.24, 2.45) is 0 Å². The summed E-state index contributed by atoms with van der Waals surface area (Å²) in [5.41, 5.74) is 8.57. The van der Waals surface area contributed by atoms with E-state index in [0.717, 1.165) is 74.3 Å². The molecule has 6 rings (SSSR count). The summed E-state index contributed by atoms with van der Waals surface area (Å²) in [6.45, 7) is 5.62. The largest absolute Gasteiger partial charge is 0.353 e. The van der Waals surface area contributed by atoms with Crippen LogP contribution >= 0.6 is 0 Å². The number of benzene rings is 1. The first-order valence-corrected chi connectivity index (χ1v) is 11.8. The highest BCUT2D eigenvalue weighted by Crippen LogP contribution is 2.34. The minimum atomic E-state index is -0.277. The van der Waals surface area contributed by atoms with Gasteiger partial charge in [0.1, 0.15) is 11.5 Å². The molecule has 0 saturated heterocycles. The van der Waals surface area contributed by atoms with Crippen LogP contribution in [0.25, 0.3) is 55.7 Å². The second-order valence-corrected chi connectivity index (χ2v) is 8.88. The zero-order chi connectivity index (χ0) is 24.6. The lowest BCUT2D eigenvalue weighted by molar-refractivity contribution is 0.627. The normalized spacial score (nSPS) is 11.5. The summed E-state index contributed by atoms with van der Waals surface area (Å²) in [4.78, 5) is 17.0. The van der Waals surface area contributed by atoms with Crippen molar-refractivity contribution in [1.29, 1.82) is 0 Å². The molecule has 5 heterocycles. The predicted octanol–water partition coefficient (Wildman–Crippen LogP) is 5.79. The van der Waals surface area contributed by atoms with Gasteiger partial charge >= 0.3 is 0 Å². The van der Waals surface area contributed by atoms with Crippen LogP contribution in [0.1, 0.15) is 18.1 Å². The third-order valence-corrected chi connectivity index (χ3v) is 6.24. The van der Waals surface area contributed by atoms with Crippen LogP contribution in [0.4, 0.5) is 4.39 Å². The van der Waals surface area contributed by atoms with E-state index in [9.17, 15) is 4.39 Å². The van der Waals surface area contributed by atoms with E-state index < -0.39 is 0 Å². The van der Waals surface area contributed by atoms with Crippen molar-refractivity contribution >= 4 is 21.9 Å². The minimum Gasteiger partial charge on any atom is -0.353 e. The maximum atomic E-state index is 14.1.